The molecule has 1 aromatic carbocycles. The van der Waals surface area contributed by atoms with Crippen molar-refractivity contribution in [2.45, 2.75) is 44.2 Å². The first kappa shape index (κ1) is 17.0. The summed E-state index contributed by atoms with van der Waals surface area (Å²) in [6, 6.07) is 11.8. The minimum atomic E-state index is -0.241. The highest BCUT2D eigenvalue weighted by Crippen LogP contribution is 2.32. The highest BCUT2D eigenvalue weighted by Gasteiger charge is 2.35. The summed E-state index contributed by atoms with van der Waals surface area (Å²) in [5.41, 5.74) is 3.87. The van der Waals surface area contributed by atoms with Gasteiger partial charge < -0.3 is 15.7 Å². The number of aromatic nitrogens is 1. The van der Waals surface area contributed by atoms with Gasteiger partial charge in [-0.1, -0.05) is 18.2 Å². The number of carbonyl (C=O) groups is 1. The van der Waals surface area contributed by atoms with Gasteiger partial charge in [0.1, 0.15) is 0 Å². The minimum Gasteiger partial charge on any atom is -0.393 e. The summed E-state index contributed by atoms with van der Waals surface area (Å²) in [5.74, 6) is 0.252. The van der Waals surface area contributed by atoms with E-state index in [9.17, 15) is 9.90 Å². The highest BCUT2D eigenvalue weighted by molar-refractivity contribution is 6.00. The predicted molar refractivity (Wildman–Crippen MR) is 101 cm³/mol. The lowest BCUT2D eigenvalue weighted by Crippen LogP contribution is -2.48. The lowest BCUT2D eigenvalue weighted by molar-refractivity contribution is 0.0238. The van der Waals surface area contributed by atoms with Crippen LogP contribution in [0.15, 0.2) is 42.6 Å². The van der Waals surface area contributed by atoms with Gasteiger partial charge in [-0.15, -0.1) is 0 Å². The number of carbonyl (C=O) groups excluding carboxylic acids is 1. The van der Waals surface area contributed by atoms with Crippen LogP contribution in [0.2, 0.25) is 0 Å². The molecule has 26 heavy (non-hydrogen) atoms. The molecule has 2 aliphatic rings. The number of fused-ring (bicyclic) bond motifs is 1. The molecule has 0 bridgehead atoms. The van der Waals surface area contributed by atoms with Gasteiger partial charge in [-0.05, 0) is 55.4 Å². The van der Waals surface area contributed by atoms with E-state index in [4.69, 9.17) is 0 Å². The molecule has 2 heterocycles. The van der Waals surface area contributed by atoms with Gasteiger partial charge in [-0.2, -0.15) is 0 Å². The molecule has 4 rings (SSSR count). The Kier molecular flexibility index (Phi) is 4.89. The van der Waals surface area contributed by atoms with Crippen LogP contribution in [0.25, 0.3) is 0 Å². The van der Waals surface area contributed by atoms with Gasteiger partial charge >= 0.3 is 0 Å². The molecule has 1 aliphatic heterocycles. The molecule has 2 aromatic rings. The van der Waals surface area contributed by atoms with Crippen LogP contribution in [0.4, 0.5) is 5.69 Å². The number of hydrogen-bond donors (Lipinski definition) is 3. The molecule has 0 radical (unpaired) electrons. The van der Waals surface area contributed by atoms with Crippen molar-refractivity contribution in [2.75, 3.05) is 11.9 Å². The topological polar surface area (TPSA) is 74.2 Å². The number of rotatable bonds is 5. The van der Waals surface area contributed by atoms with Gasteiger partial charge in [0.05, 0.1) is 17.4 Å². The maximum atomic E-state index is 13.0. The summed E-state index contributed by atoms with van der Waals surface area (Å²) >= 11 is 0. The Morgan fingerprint density at radius 3 is 2.92 bits per heavy atom. The molecule has 3 N–H and O–H groups in total. The second-order valence-corrected chi connectivity index (χ2v) is 7.36. The first-order valence-electron chi connectivity index (χ1n) is 9.45. The largest absolute Gasteiger partial charge is 0.393 e. The number of pyridine rings is 1. The van der Waals surface area contributed by atoms with Gasteiger partial charge in [0.25, 0.3) is 5.91 Å². The second kappa shape index (κ2) is 7.46. The Bertz CT molecular complexity index is 772. The van der Waals surface area contributed by atoms with Crippen LogP contribution in [0.5, 0.6) is 0 Å². The number of nitrogens with one attached hydrogen (secondary N) is 2. The molecule has 136 valence electrons. The third kappa shape index (κ3) is 3.58. The molecule has 5 heteroatoms. The molecule has 1 aliphatic carbocycles. The van der Waals surface area contributed by atoms with Crippen molar-refractivity contribution in [2.24, 2.45) is 5.92 Å². The number of para-hydroxylation sites is 1. The minimum absolute atomic E-state index is 0.0137. The fourth-order valence-electron chi connectivity index (χ4n) is 3.98. The highest BCUT2D eigenvalue weighted by atomic mass is 16.3. The van der Waals surface area contributed by atoms with Crippen LogP contribution in [0.3, 0.4) is 0 Å². The number of aryl methyl sites for hydroxylation is 1. The van der Waals surface area contributed by atoms with E-state index in [2.05, 4.69) is 21.7 Å². The number of anilines is 1. The number of aliphatic hydroxyl groups excluding tert-OH is 1. The molecule has 1 amide bonds. The Balaban J connectivity index is 1.53. The van der Waals surface area contributed by atoms with Gasteiger partial charge in [-0.25, -0.2) is 0 Å². The maximum absolute atomic E-state index is 13.0. The Morgan fingerprint density at radius 1 is 1.27 bits per heavy atom. The summed E-state index contributed by atoms with van der Waals surface area (Å²) < 4.78 is 0. The van der Waals surface area contributed by atoms with Crippen molar-refractivity contribution in [3.63, 3.8) is 0 Å². The van der Waals surface area contributed by atoms with Crippen molar-refractivity contribution in [1.82, 2.24) is 10.3 Å². The van der Waals surface area contributed by atoms with Crippen molar-refractivity contribution in [3.05, 3.63) is 59.4 Å². The number of amides is 1. The second-order valence-electron chi connectivity index (χ2n) is 7.36. The van der Waals surface area contributed by atoms with E-state index in [1.165, 1.54) is 5.56 Å². The van der Waals surface area contributed by atoms with Crippen molar-refractivity contribution >= 4 is 11.6 Å². The Morgan fingerprint density at radius 2 is 2.15 bits per heavy atom. The SMILES string of the molecule is O=C(N[C@@H](Cc1ccccn1)C1CC(O)C1)c1cccc2c1NCCC2. The van der Waals surface area contributed by atoms with Gasteiger partial charge in [0.15, 0.2) is 0 Å². The molecule has 1 aromatic heterocycles. The molecule has 1 saturated carbocycles. The third-order valence-corrected chi connectivity index (χ3v) is 5.51. The molecule has 0 saturated heterocycles. The molecular weight excluding hydrogens is 326 g/mol. The van der Waals surface area contributed by atoms with Gasteiger partial charge in [0.2, 0.25) is 0 Å². The van der Waals surface area contributed by atoms with Crippen molar-refractivity contribution in [3.8, 4) is 0 Å². The van der Waals surface area contributed by atoms with E-state index >= 15 is 0 Å². The lowest BCUT2D eigenvalue weighted by Gasteiger charge is -2.38. The fourth-order valence-corrected chi connectivity index (χ4v) is 3.98. The zero-order valence-electron chi connectivity index (χ0n) is 14.8. The number of nitrogens with zero attached hydrogens (tertiary/aromatic N) is 1. The van der Waals surface area contributed by atoms with Crippen LogP contribution in [0, 0.1) is 5.92 Å². The summed E-state index contributed by atoms with van der Waals surface area (Å²) in [4.78, 5) is 17.4. The van der Waals surface area contributed by atoms with E-state index in [0.29, 0.717) is 17.9 Å². The monoisotopic (exact) mass is 351 g/mol. The lowest BCUT2D eigenvalue weighted by atomic mass is 9.75. The zero-order chi connectivity index (χ0) is 17.9. The predicted octanol–water partition coefficient (Wildman–Crippen LogP) is 2.55. The molecule has 0 spiro atoms. The average molecular weight is 351 g/mol. The Hall–Kier alpha value is -2.40. The van der Waals surface area contributed by atoms with E-state index in [0.717, 1.165) is 43.6 Å². The number of hydrogen-bond acceptors (Lipinski definition) is 4. The van der Waals surface area contributed by atoms with Crippen LogP contribution in [-0.2, 0) is 12.8 Å². The quantitative estimate of drug-likeness (QED) is 0.774. The number of benzene rings is 1. The average Bonchev–Trinajstić information content (AvgIpc) is 2.65. The molecule has 1 fully saturated rings. The van der Waals surface area contributed by atoms with E-state index in [-0.39, 0.29) is 18.1 Å². The first-order chi connectivity index (χ1) is 12.7. The summed E-state index contributed by atoms with van der Waals surface area (Å²) in [5, 5.41) is 16.3. The standard InChI is InChI=1S/C21H25N3O2/c25-17-11-15(12-17)19(13-16-7-1-2-9-22-16)24-21(26)18-8-3-5-14-6-4-10-23-20(14)18/h1-3,5,7-9,15,17,19,23,25H,4,6,10-13H2,(H,24,26)/t15?,17?,19-/m0/s1. The fraction of sp³-hybridized carbons (Fsp3) is 0.429. The third-order valence-electron chi connectivity index (χ3n) is 5.51. The number of aliphatic hydroxyl groups is 1. The summed E-state index contributed by atoms with van der Waals surface area (Å²) in [6.07, 6.45) is 5.81. The summed E-state index contributed by atoms with van der Waals surface area (Å²) in [6.45, 7) is 0.906. The van der Waals surface area contributed by atoms with Gasteiger partial charge in [0, 0.05) is 30.9 Å². The van der Waals surface area contributed by atoms with E-state index in [1.54, 1.807) is 6.20 Å². The summed E-state index contributed by atoms with van der Waals surface area (Å²) in [7, 11) is 0. The zero-order valence-corrected chi connectivity index (χ0v) is 14.8. The normalized spacial score (nSPS) is 22.5. The van der Waals surface area contributed by atoms with Crippen LogP contribution in [-0.4, -0.2) is 34.7 Å². The van der Waals surface area contributed by atoms with Gasteiger partial charge in [-0.3, -0.25) is 9.78 Å². The molecule has 1 atom stereocenters. The molecule has 5 nitrogen and oxygen atoms in total. The molecule has 0 unspecified atom stereocenters. The van der Waals surface area contributed by atoms with E-state index in [1.807, 2.05) is 30.3 Å². The van der Waals surface area contributed by atoms with E-state index < -0.39 is 0 Å². The first-order valence-corrected chi connectivity index (χ1v) is 9.45. The maximum Gasteiger partial charge on any atom is 0.253 e. The van der Waals surface area contributed by atoms with Crippen LogP contribution in [0.1, 0.15) is 40.9 Å². The smallest absolute Gasteiger partial charge is 0.253 e. The van der Waals surface area contributed by atoms with Crippen molar-refractivity contribution in [1.29, 1.82) is 0 Å². The van der Waals surface area contributed by atoms with Crippen LogP contribution < -0.4 is 10.6 Å². The Labute approximate surface area is 153 Å². The van der Waals surface area contributed by atoms with Crippen LogP contribution >= 0.6 is 0 Å². The molecular formula is C21H25N3O2. The van der Waals surface area contributed by atoms with Crippen molar-refractivity contribution < 1.29 is 9.90 Å².